The van der Waals surface area contributed by atoms with Gasteiger partial charge in [-0.25, -0.2) is 0 Å². The van der Waals surface area contributed by atoms with E-state index in [2.05, 4.69) is 22.0 Å². The summed E-state index contributed by atoms with van der Waals surface area (Å²) in [6, 6.07) is 9.60. The van der Waals surface area contributed by atoms with Crippen LogP contribution in [-0.4, -0.2) is 0 Å². The van der Waals surface area contributed by atoms with Crippen LogP contribution in [0.1, 0.15) is 27.1 Å². The summed E-state index contributed by atoms with van der Waals surface area (Å²) < 4.78 is 0. The summed E-state index contributed by atoms with van der Waals surface area (Å²) in [7, 11) is 0. The standard InChI is InChI=1S/C15H12BrCl3/c1-8-6-13(18)9(2)5-12(8)15(16)11-4-3-10(17)7-14(11)19/h3-7,15H,1-2H3. The van der Waals surface area contributed by atoms with E-state index in [-0.39, 0.29) is 4.83 Å². The Hall–Kier alpha value is -0.210. The molecule has 0 spiro atoms. The van der Waals surface area contributed by atoms with Gasteiger partial charge in [0.2, 0.25) is 0 Å². The highest BCUT2D eigenvalue weighted by Crippen LogP contribution is 2.39. The molecule has 0 saturated carbocycles. The summed E-state index contributed by atoms with van der Waals surface area (Å²) in [5.74, 6) is 0. The first-order valence-electron chi connectivity index (χ1n) is 5.76. The van der Waals surface area contributed by atoms with Crippen LogP contribution in [0.25, 0.3) is 0 Å². The molecule has 2 aromatic rings. The normalized spacial score (nSPS) is 12.5. The Bertz CT molecular complexity index is 623. The summed E-state index contributed by atoms with van der Waals surface area (Å²) in [5.41, 5.74) is 4.34. The van der Waals surface area contributed by atoms with E-state index < -0.39 is 0 Å². The third-order valence-corrected chi connectivity index (χ3v) is 5.01. The van der Waals surface area contributed by atoms with Gasteiger partial charge >= 0.3 is 0 Å². The van der Waals surface area contributed by atoms with E-state index in [0.29, 0.717) is 10.0 Å². The smallest absolute Gasteiger partial charge is 0.0661 e. The molecule has 2 rings (SSSR count). The number of benzene rings is 2. The van der Waals surface area contributed by atoms with Crippen molar-refractivity contribution in [2.75, 3.05) is 0 Å². The van der Waals surface area contributed by atoms with Gasteiger partial charge in [0.15, 0.2) is 0 Å². The van der Waals surface area contributed by atoms with Crippen molar-refractivity contribution in [2.45, 2.75) is 18.7 Å². The van der Waals surface area contributed by atoms with Crippen molar-refractivity contribution in [1.29, 1.82) is 0 Å². The van der Waals surface area contributed by atoms with E-state index in [4.69, 9.17) is 34.8 Å². The van der Waals surface area contributed by atoms with Crippen molar-refractivity contribution in [3.63, 3.8) is 0 Å². The Morgan fingerprint density at radius 3 is 2.16 bits per heavy atom. The maximum absolute atomic E-state index is 6.26. The van der Waals surface area contributed by atoms with E-state index in [9.17, 15) is 0 Å². The average Bonchev–Trinajstić information content (AvgIpc) is 2.33. The van der Waals surface area contributed by atoms with Gasteiger partial charge in [-0.1, -0.05) is 62.9 Å². The van der Waals surface area contributed by atoms with Crippen LogP contribution in [0.3, 0.4) is 0 Å². The summed E-state index contributed by atoms with van der Waals surface area (Å²) in [6.45, 7) is 4.03. The highest BCUT2D eigenvalue weighted by atomic mass is 79.9. The van der Waals surface area contributed by atoms with Gasteiger partial charge < -0.3 is 0 Å². The first-order chi connectivity index (χ1) is 8.90. The highest BCUT2D eigenvalue weighted by Gasteiger charge is 2.17. The summed E-state index contributed by atoms with van der Waals surface area (Å²) in [5, 5.41) is 2.07. The number of aryl methyl sites for hydroxylation is 2. The van der Waals surface area contributed by atoms with E-state index >= 15 is 0 Å². The fraction of sp³-hybridized carbons (Fsp3) is 0.200. The van der Waals surface area contributed by atoms with Crippen molar-refractivity contribution in [2.24, 2.45) is 0 Å². The minimum absolute atomic E-state index is 0.0215. The molecule has 2 aromatic carbocycles. The SMILES string of the molecule is Cc1cc(C(Br)c2ccc(Cl)cc2Cl)c(C)cc1Cl. The molecule has 0 radical (unpaired) electrons. The third-order valence-electron chi connectivity index (χ3n) is 3.06. The van der Waals surface area contributed by atoms with Crippen molar-refractivity contribution in [3.8, 4) is 0 Å². The molecule has 1 atom stereocenters. The van der Waals surface area contributed by atoms with Crippen molar-refractivity contribution >= 4 is 50.7 Å². The zero-order chi connectivity index (χ0) is 14.2. The molecule has 0 nitrogen and oxygen atoms in total. The molecule has 0 amide bonds. The number of hydrogen-bond acceptors (Lipinski definition) is 0. The molecule has 0 heterocycles. The first-order valence-corrected chi connectivity index (χ1v) is 7.80. The maximum atomic E-state index is 6.26. The van der Waals surface area contributed by atoms with Crippen LogP contribution in [0.15, 0.2) is 30.3 Å². The van der Waals surface area contributed by atoms with Crippen LogP contribution in [-0.2, 0) is 0 Å². The van der Waals surface area contributed by atoms with Crippen molar-refractivity contribution in [1.82, 2.24) is 0 Å². The second-order valence-electron chi connectivity index (χ2n) is 4.49. The van der Waals surface area contributed by atoms with Gasteiger partial charge in [-0.3, -0.25) is 0 Å². The average molecular weight is 379 g/mol. The van der Waals surface area contributed by atoms with Gasteiger partial charge in [-0.2, -0.15) is 0 Å². The quantitative estimate of drug-likeness (QED) is 0.507. The molecule has 0 aliphatic carbocycles. The fourth-order valence-electron chi connectivity index (χ4n) is 1.95. The van der Waals surface area contributed by atoms with Gasteiger partial charge in [0.05, 0.1) is 4.83 Å². The first kappa shape index (κ1) is 15.2. The molecule has 0 fully saturated rings. The summed E-state index contributed by atoms with van der Waals surface area (Å²) >= 11 is 22.0. The molecule has 0 aliphatic heterocycles. The summed E-state index contributed by atoms with van der Waals surface area (Å²) in [6.07, 6.45) is 0. The Morgan fingerprint density at radius 1 is 0.842 bits per heavy atom. The van der Waals surface area contributed by atoms with E-state index in [0.717, 1.165) is 27.3 Å². The number of alkyl halides is 1. The van der Waals surface area contributed by atoms with Crippen LogP contribution >= 0.6 is 50.7 Å². The van der Waals surface area contributed by atoms with E-state index in [1.165, 1.54) is 0 Å². The van der Waals surface area contributed by atoms with Crippen LogP contribution in [0.4, 0.5) is 0 Å². The molecule has 100 valence electrons. The van der Waals surface area contributed by atoms with Crippen molar-refractivity contribution < 1.29 is 0 Å². The van der Waals surface area contributed by atoms with Crippen LogP contribution in [0, 0.1) is 13.8 Å². The van der Waals surface area contributed by atoms with E-state index in [1.807, 2.05) is 32.0 Å². The van der Waals surface area contributed by atoms with Crippen molar-refractivity contribution in [3.05, 3.63) is 67.7 Å². The highest BCUT2D eigenvalue weighted by molar-refractivity contribution is 9.09. The molecule has 0 saturated heterocycles. The van der Waals surface area contributed by atoms with E-state index in [1.54, 1.807) is 6.07 Å². The second-order valence-corrected chi connectivity index (χ2v) is 6.65. The minimum Gasteiger partial charge on any atom is -0.0843 e. The molecule has 0 bridgehead atoms. The topological polar surface area (TPSA) is 0 Å². The minimum atomic E-state index is 0.0215. The van der Waals surface area contributed by atoms with Gasteiger partial charge in [-0.05, 0) is 54.3 Å². The number of rotatable bonds is 2. The molecular weight excluding hydrogens is 366 g/mol. The van der Waals surface area contributed by atoms with Crippen LogP contribution in [0.2, 0.25) is 15.1 Å². The monoisotopic (exact) mass is 376 g/mol. The molecular formula is C15H12BrCl3. The molecule has 19 heavy (non-hydrogen) atoms. The molecule has 0 N–H and O–H groups in total. The van der Waals surface area contributed by atoms with Gasteiger partial charge in [-0.15, -0.1) is 0 Å². The van der Waals surface area contributed by atoms with Gasteiger partial charge in [0.25, 0.3) is 0 Å². The lowest BCUT2D eigenvalue weighted by Gasteiger charge is -2.16. The summed E-state index contributed by atoms with van der Waals surface area (Å²) in [4.78, 5) is 0.0215. The Kier molecular flexibility index (Phi) is 4.84. The lowest BCUT2D eigenvalue weighted by molar-refractivity contribution is 1.13. The second kappa shape index (κ2) is 6.05. The van der Waals surface area contributed by atoms with Gasteiger partial charge in [0, 0.05) is 15.1 Å². The Morgan fingerprint density at radius 2 is 1.53 bits per heavy atom. The lowest BCUT2D eigenvalue weighted by atomic mass is 9.98. The Balaban J connectivity index is 2.49. The third kappa shape index (κ3) is 3.28. The predicted octanol–water partition coefficient (Wildman–Crippen LogP) is 6.75. The largest absolute Gasteiger partial charge is 0.0843 e. The van der Waals surface area contributed by atoms with Crippen LogP contribution < -0.4 is 0 Å². The molecule has 0 aliphatic rings. The number of hydrogen-bond donors (Lipinski definition) is 0. The molecule has 0 aromatic heterocycles. The van der Waals surface area contributed by atoms with Crippen LogP contribution in [0.5, 0.6) is 0 Å². The molecule has 1 unspecified atom stereocenters. The number of halogens is 4. The maximum Gasteiger partial charge on any atom is 0.0661 e. The zero-order valence-electron chi connectivity index (χ0n) is 10.5. The predicted molar refractivity (Wildman–Crippen MR) is 88.2 cm³/mol. The Labute approximate surface area is 136 Å². The zero-order valence-corrected chi connectivity index (χ0v) is 14.3. The van der Waals surface area contributed by atoms with Gasteiger partial charge in [0.1, 0.15) is 0 Å². The molecule has 4 heteroatoms. The fourth-order valence-corrected chi connectivity index (χ4v) is 3.71. The lowest BCUT2D eigenvalue weighted by Crippen LogP contribution is -1.98.